The number of hydrogen-bond donors (Lipinski definition) is 2. The van der Waals surface area contributed by atoms with Crippen LogP contribution in [-0.2, 0) is 0 Å². The molecule has 3 nitrogen and oxygen atoms in total. The predicted octanol–water partition coefficient (Wildman–Crippen LogP) is 2.82. The SMILES string of the molecule is CCC(Nc1nccc(C)c1N)C(C)C. The highest BCUT2D eigenvalue weighted by atomic mass is 15.0. The second kappa shape index (κ2) is 5.01. The van der Waals surface area contributed by atoms with Crippen molar-refractivity contribution in [3.8, 4) is 0 Å². The fraction of sp³-hybridized carbons (Fsp3) is 0.583. The van der Waals surface area contributed by atoms with E-state index in [-0.39, 0.29) is 0 Å². The van der Waals surface area contributed by atoms with E-state index in [1.165, 1.54) is 0 Å². The highest BCUT2D eigenvalue weighted by Gasteiger charge is 2.13. The van der Waals surface area contributed by atoms with E-state index < -0.39 is 0 Å². The third-order valence-electron chi connectivity index (χ3n) is 2.77. The maximum Gasteiger partial charge on any atom is 0.149 e. The number of nitrogen functional groups attached to an aromatic ring is 1. The van der Waals surface area contributed by atoms with Crippen LogP contribution in [0.25, 0.3) is 0 Å². The molecule has 1 aromatic rings. The Bertz CT molecular complexity index is 321. The van der Waals surface area contributed by atoms with Gasteiger partial charge >= 0.3 is 0 Å². The minimum atomic E-state index is 0.432. The maximum atomic E-state index is 5.96. The van der Waals surface area contributed by atoms with Gasteiger partial charge in [0.2, 0.25) is 0 Å². The first-order chi connectivity index (χ1) is 7.06. The van der Waals surface area contributed by atoms with Crippen molar-refractivity contribution < 1.29 is 0 Å². The van der Waals surface area contributed by atoms with Crippen LogP contribution in [0.3, 0.4) is 0 Å². The molecule has 0 bridgehead atoms. The number of hydrogen-bond acceptors (Lipinski definition) is 3. The van der Waals surface area contributed by atoms with E-state index in [4.69, 9.17) is 5.73 Å². The van der Waals surface area contributed by atoms with Gasteiger partial charge in [-0.1, -0.05) is 20.8 Å². The van der Waals surface area contributed by atoms with Crippen molar-refractivity contribution in [3.63, 3.8) is 0 Å². The molecule has 0 fully saturated rings. The zero-order valence-corrected chi connectivity index (χ0v) is 10.0. The van der Waals surface area contributed by atoms with Gasteiger partial charge in [0, 0.05) is 12.2 Å². The number of nitrogens with one attached hydrogen (secondary N) is 1. The molecule has 0 aliphatic carbocycles. The van der Waals surface area contributed by atoms with Crippen molar-refractivity contribution in [2.75, 3.05) is 11.1 Å². The zero-order valence-electron chi connectivity index (χ0n) is 10.0. The molecule has 1 heterocycles. The molecular formula is C12H21N3. The molecule has 0 saturated carbocycles. The quantitative estimate of drug-likeness (QED) is 0.798. The maximum absolute atomic E-state index is 5.96. The summed E-state index contributed by atoms with van der Waals surface area (Å²) in [7, 11) is 0. The summed E-state index contributed by atoms with van der Waals surface area (Å²) in [5.74, 6) is 1.40. The summed E-state index contributed by atoms with van der Waals surface area (Å²) in [6.45, 7) is 8.57. The number of rotatable bonds is 4. The van der Waals surface area contributed by atoms with Crippen LogP contribution in [0.1, 0.15) is 32.8 Å². The highest BCUT2D eigenvalue weighted by Crippen LogP contribution is 2.21. The van der Waals surface area contributed by atoms with Crippen LogP contribution in [0.4, 0.5) is 11.5 Å². The molecule has 3 N–H and O–H groups in total. The first kappa shape index (κ1) is 11.8. The van der Waals surface area contributed by atoms with Gasteiger partial charge in [-0.05, 0) is 30.9 Å². The van der Waals surface area contributed by atoms with Gasteiger partial charge in [0.15, 0.2) is 0 Å². The van der Waals surface area contributed by atoms with Crippen molar-refractivity contribution in [2.24, 2.45) is 5.92 Å². The van der Waals surface area contributed by atoms with Crippen molar-refractivity contribution in [1.82, 2.24) is 4.98 Å². The second-order valence-corrected chi connectivity index (χ2v) is 4.29. The van der Waals surface area contributed by atoms with E-state index >= 15 is 0 Å². The monoisotopic (exact) mass is 207 g/mol. The summed E-state index contributed by atoms with van der Waals surface area (Å²) >= 11 is 0. The zero-order chi connectivity index (χ0) is 11.4. The molecule has 1 unspecified atom stereocenters. The lowest BCUT2D eigenvalue weighted by Crippen LogP contribution is -2.25. The Morgan fingerprint density at radius 3 is 2.67 bits per heavy atom. The van der Waals surface area contributed by atoms with E-state index in [0.29, 0.717) is 12.0 Å². The summed E-state index contributed by atoms with van der Waals surface area (Å²) in [6.07, 6.45) is 2.87. The molecule has 0 aliphatic rings. The molecule has 3 heteroatoms. The molecule has 0 spiro atoms. The predicted molar refractivity (Wildman–Crippen MR) is 65.9 cm³/mol. The smallest absolute Gasteiger partial charge is 0.149 e. The van der Waals surface area contributed by atoms with Gasteiger partial charge in [-0.3, -0.25) is 0 Å². The van der Waals surface area contributed by atoms with Crippen LogP contribution in [-0.4, -0.2) is 11.0 Å². The van der Waals surface area contributed by atoms with Gasteiger partial charge in [0.05, 0.1) is 5.69 Å². The third kappa shape index (κ3) is 2.85. The molecule has 1 aromatic heterocycles. The number of aryl methyl sites for hydroxylation is 1. The fourth-order valence-electron chi connectivity index (χ4n) is 1.60. The van der Waals surface area contributed by atoms with Crippen molar-refractivity contribution in [3.05, 3.63) is 17.8 Å². The molecule has 1 atom stereocenters. The molecular weight excluding hydrogens is 186 g/mol. The molecule has 84 valence electrons. The number of nitrogens with two attached hydrogens (primary N) is 1. The molecule has 0 amide bonds. The van der Waals surface area contributed by atoms with E-state index in [9.17, 15) is 0 Å². The Balaban J connectivity index is 2.84. The molecule has 15 heavy (non-hydrogen) atoms. The van der Waals surface area contributed by atoms with Gasteiger partial charge < -0.3 is 11.1 Å². The van der Waals surface area contributed by atoms with E-state index in [1.54, 1.807) is 6.20 Å². The highest BCUT2D eigenvalue weighted by molar-refractivity contribution is 5.65. The average Bonchev–Trinajstić information content (AvgIpc) is 2.19. The lowest BCUT2D eigenvalue weighted by Gasteiger charge is -2.22. The van der Waals surface area contributed by atoms with Gasteiger partial charge in [-0.15, -0.1) is 0 Å². The number of nitrogens with zero attached hydrogens (tertiary/aromatic N) is 1. The largest absolute Gasteiger partial charge is 0.396 e. The molecule has 0 aromatic carbocycles. The van der Waals surface area contributed by atoms with Crippen molar-refractivity contribution >= 4 is 11.5 Å². The summed E-state index contributed by atoms with van der Waals surface area (Å²) in [4.78, 5) is 4.27. The lowest BCUT2D eigenvalue weighted by atomic mass is 10.0. The first-order valence-electron chi connectivity index (χ1n) is 5.53. The van der Waals surface area contributed by atoms with Gasteiger partial charge in [-0.25, -0.2) is 4.98 Å². The Labute approximate surface area is 92.1 Å². The number of anilines is 2. The van der Waals surface area contributed by atoms with Crippen LogP contribution in [0, 0.1) is 12.8 Å². The lowest BCUT2D eigenvalue weighted by molar-refractivity contribution is 0.510. The topological polar surface area (TPSA) is 50.9 Å². The Kier molecular flexibility index (Phi) is 3.95. The van der Waals surface area contributed by atoms with Crippen molar-refractivity contribution in [2.45, 2.75) is 40.2 Å². The van der Waals surface area contributed by atoms with Crippen LogP contribution in [0.5, 0.6) is 0 Å². The summed E-state index contributed by atoms with van der Waals surface area (Å²) in [5.41, 5.74) is 7.80. The normalized spacial score (nSPS) is 12.9. The van der Waals surface area contributed by atoms with Gasteiger partial charge in [0.1, 0.15) is 5.82 Å². The van der Waals surface area contributed by atoms with Crippen LogP contribution in [0.2, 0.25) is 0 Å². The minimum Gasteiger partial charge on any atom is -0.396 e. The summed E-state index contributed by atoms with van der Waals surface area (Å²) in [6, 6.07) is 2.36. The summed E-state index contributed by atoms with van der Waals surface area (Å²) < 4.78 is 0. The Morgan fingerprint density at radius 2 is 2.13 bits per heavy atom. The molecule has 1 rings (SSSR count). The number of pyridine rings is 1. The Morgan fingerprint density at radius 1 is 1.47 bits per heavy atom. The van der Waals surface area contributed by atoms with E-state index in [2.05, 4.69) is 31.1 Å². The Hall–Kier alpha value is -1.25. The van der Waals surface area contributed by atoms with Crippen LogP contribution < -0.4 is 11.1 Å². The van der Waals surface area contributed by atoms with Crippen molar-refractivity contribution in [1.29, 1.82) is 0 Å². The number of aromatic nitrogens is 1. The van der Waals surface area contributed by atoms with Gasteiger partial charge in [0.25, 0.3) is 0 Å². The minimum absolute atomic E-state index is 0.432. The van der Waals surface area contributed by atoms with E-state index in [0.717, 1.165) is 23.5 Å². The fourth-order valence-corrected chi connectivity index (χ4v) is 1.60. The van der Waals surface area contributed by atoms with Crippen LogP contribution in [0.15, 0.2) is 12.3 Å². The second-order valence-electron chi connectivity index (χ2n) is 4.29. The van der Waals surface area contributed by atoms with Gasteiger partial charge in [-0.2, -0.15) is 0 Å². The average molecular weight is 207 g/mol. The first-order valence-corrected chi connectivity index (χ1v) is 5.53. The van der Waals surface area contributed by atoms with Crippen LogP contribution >= 0.6 is 0 Å². The molecule has 0 aliphatic heterocycles. The third-order valence-corrected chi connectivity index (χ3v) is 2.77. The molecule has 0 radical (unpaired) electrons. The standard InChI is InChI=1S/C12H21N3/c1-5-10(8(2)3)15-12-11(13)9(4)6-7-14-12/h6-8,10H,5,13H2,1-4H3,(H,14,15). The van der Waals surface area contributed by atoms with E-state index in [1.807, 2.05) is 13.0 Å². The summed E-state index contributed by atoms with van der Waals surface area (Å²) in [5, 5.41) is 3.40. The molecule has 0 saturated heterocycles.